The number of aliphatic hydroxyl groups excluding tert-OH is 1. The Morgan fingerprint density at radius 2 is 1.95 bits per heavy atom. The number of hydrogen-bond acceptors (Lipinski definition) is 8. The van der Waals surface area contributed by atoms with Gasteiger partial charge in [0.2, 0.25) is 15.9 Å². The molecule has 1 aromatic heterocycles. The number of pyridine rings is 1. The molecule has 4 rings (SSSR count). The first kappa shape index (κ1) is 29.8. The Kier molecular flexibility index (Phi) is 9.05. The highest BCUT2D eigenvalue weighted by molar-refractivity contribution is 7.89. The second kappa shape index (κ2) is 12.1. The van der Waals surface area contributed by atoms with E-state index >= 15 is 0 Å². The Morgan fingerprint density at radius 1 is 1.27 bits per heavy atom. The summed E-state index contributed by atoms with van der Waals surface area (Å²) in [5.41, 5.74) is -0.414. The molecular weight excluding hydrogens is 534 g/mol. The van der Waals surface area contributed by atoms with Crippen molar-refractivity contribution in [2.75, 3.05) is 33.9 Å². The van der Waals surface area contributed by atoms with Crippen LogP contribution < -0.4 is 9.47 Å². The van der Waals surface area contributed by atoms with Crippen LogP contribution in [0.2, 0.25) is 0 Å². The molecule has 1 aromatic carbocycles. The van der Waals surface area contributed by atoms with Crippen LogP contribution in [0.5, 0.6) is 11.6 Å². The number of aliphatic hydroxyl groups is 2. The average Bonchev–Trinajstić information content (AvgIpc) is 3.39. The Labute approximate surface area is 236 Å². The van der Waals surface area contributed by atoms with Gasteiger partial charge in [0.15, 0.2) is 0 Å². The van der Waals surface area contributed by atoms with Crippen LogP contribution in [0.25, 0.3) is 0 Å². The number of hydrogen-bond donors (Lipinski definition) is 2. The van der Waals surface area contributed by atoms with E-state index in [1.807, 2.05) is 6.92 Å². The Balaban J connectivity index is 1.65. The van der Waals surface area contributed by atoms with Gasteiger partial charge in [-0.15, -0.1) is 0 Å². The predicted molar refractivity (Wildman–Crippen MR) is 149 cm³/mol. The number of likely N-dealkylation sites (N-methyl/N-ethyl adjacent to an activating group) is 1. The number of ether oxygens (including phenoxy) is 2. The number of carbonyl (C=O) groups excluding carboxylic acids is 1. The van der Waals surface area contributed by atoms with Gasteiger partial charge in [0.05, 0.1) is 31.2 Å². The van der Waals surface area contributed by atoms with Crippen molar-refractivity contribution in [2.24, 2.45) is 5.92 Å². The molecule has 2 aromatic rings. The summed E-state index contributed by atoms with van der Waals surface area (Å²) < 4.78 is 39.2. The normalized spacial score (nSPS) is 21.5. The molecule has 2 aliphatic rings. The Hall–Kier alpha value is -3.17. The molecule has 2 N–H and O–H groups in total. The van der Waals surface area contributed by atoms with E-state index in [0.29, 0.717) is 24.2 Å². The monoisotopic (exact) mass is 571 g/mol. The maximum atomic E-state index is 13.6. The molecule has 40 heavy (non-hydrogen) atoms. The van der Waals surface area contributed by atoms with E-state index in [-0.39, 0.29) is 47.9 Å². The lowest BCUT2D eigenvalue weighted by atomic mass is 10.00. The molecule has 1 amide bonds. The molecule has 0 bridgehead atoms. The molecule has 0 unspecified atom stereocenters. The fourth-order valence-corrected chi connectivity index (χ4v) is 6.12. The molecule has 0 saturated heterocycles. The number of benzene rings is 1. The van der Waals surface area contributed by atoms with Crippen molar-refractivity contribution in [3.8, 4) is 23.5 Å². The van der Waals surface area contributed by atoms with Gasteiger partial charge in [-0.3, -0.25) is 4.79 Å². The van der Waals surface area contributed by atoms with Crippen molar-refractivity contribution in [3.63, 3.8) is 0 Å². The molecule has 0 radical (unpaired) electrons. The van der Waals surface area contributed by atoms with Crippen molar-refractivity contribution >= 4 is 15.9 Å². The van der Waals surface area contributed by atoms with E-state index in [1.165, 1.54) is 36.8 Å². The van der Waals surface area contributed by atoms with Gasteiger partial charge in [-0.1, -0.05) is 18.8 Å². The second-order valence-electron chi connectivity index (χ2n) is 10.6. The smallest absolute Gasteiger partial charge is 0.259 e. The highest BCUT2D eigenvalue weighted by Gasteiger charge is 2.36. The highest BCUT2D eigenvalue weighted by atomic mass is 32.2. The minimum Gasteiger partial charge on any atom is -0.497 e. The van der Waals surface area contributed by atoms with Crippen LogP contribution in [-0.4, -0.2) is 90.3 Å². The van der Waals surface area contributed by atoms with E-state index in [9.17, 15) is 23.4 Å². The lowest BCUT2D eigenvalue weighted by Crippen LogP contribution is -2.50. The van der Waals surface area contributed by atoms with Crippen molar-refractivity contribution in [1.82, 2.24) is 14.2 Å². The SMILES string of the molecule is COc1ccc(S(=O)(=O)N(C)C[C@@H]2Oc3ncc(C#CC4(O)CCCC4)cc3C(=O)N([C@@H](C)CO)C[C@@H]2C)cc1. The lowest BCUT2D eigenvalue weighted by molar-refractivity contribution is 0.0373. The Bertz CT molecular complexity index is 1380. The van der Waals surface area contributed by atoms with Crippen molar-refractivity contribution in [1.29, 1.82) is 0 Å². The van der Waals surface area contributed by atoms with Gasteiger partial charge in [-0.05, 0) is 62.9 Å². The van der Waals surface area contributed by atoms with Gasteiger partial charge in [-0.2, -0.15) is 4.31 Å². The Morgan fingerprint density at radius 3 is 2.58 bits per heavy atom. The molecule has 10 nitrogen and oxygen atoms in total. The summed E-state index contributed by atoms with van der Waals surface area (Å²) in [6.45, 7) is 3.60. The van der Waals surface area contributed by atoms with Crippen LogP contribution in [0.1, 0.15) is 55.5 Å². The topological polar surface area (TPSA) is 130 Å². The number of methoxy groups -OCH3 is 1. The van der Waals surface area contributed by atoms with Crippen LogP contribution in [0.15, 0.2) is 41.4 Å². The third-order valence-electron chi connectivity index (χ3n) is 7.60. The summed E-state index contributed by atoms with van der Waals surface area (Å²) in [4.78, 5) is 19.7. The molecule has 2 heterocycles. The zero-order valence-electron chi connectivity index (χ0n) is 23.3. The summed E-state index contributed by atoms with van der Waals surface area (Å²) in [5.74, 6) is 5.84. The summed E-state index contributed by atoms with van der Waals surface area (Å²) in [6, 6.07) is 7.23. The molecule has 3 atom stereocenters. The standard InChI is InChI=1S/C29H37N3O7S/c1-20-17-32(21(2)19-33)28(34)25-15-22(11-14-29(35)12-5-6-13-29)16-30-27(25)39-26(20)18-31(3)40(36,37)24-9-7-23(38-4)8-10-24/h7-10,15-16,20-21,26,33,35H,5-6,12-13,17-19H2,1-4H3/t20-,21-,26-/m0/s1. The van der Waals surface area contributed by atoms with E-state index in [0.717, 1.165) is 12.8 Å². The van der Waals surface area contributed by atoms with Crippen molar-refractivity contribution in [3.05, 3.63) is 47.7 Å². The lowest BCUT2D eigenvalue weighted by Gasteiger charge is -2.37. The number of sulfonamides is 1. The third kappa shape index (κ3) is 6.41. The van der Waals surface area contributed by atoms with Gasteiger partial charge in [0.1, 0.15) is 23.0 Å². The molecule has 1 aliphatic heterocycles. The van der Waals surface area contributed by atoms with Gasteiger partial charge >= 0.3 is 0 Å². The van der Waals surface area contributed by atoms with Crippen LogP contribution in [0, 0.1) is 17.8 Å². The van der Waals surface area contributed by atoms with Gasteiger partial charge in [0, 0.05) is 31.3 Å². The first-order chi connectivity index (χ1) is 19.0. The van der Waals surface area contributed by atoms with E-state index in [1.54, 1.807) is 30.0 Å². The van der Waals surface area contributed by atoms with E-state index in [4.69, 9.17) is 9.47 Å². The quantitative estimate of drug-likeness (QED) is 0.485. The largest absolute Gasteiger partial charge is 0.497 e. The fraction of sp³-hybridized carbons (Fsp3) is 0.517. The minimum absolute atomic E-state index is 0.000769. The summed E-state index contributed by atoms with van der Waals surface area (Å²) in [5, 5.41) is 20.5. The molecule has 216 valence electrons. The van der Waals surface area contributed by atoms with Gasteiger partial charge in [0.25, 0.3) is 5.91 Å². The maximum Gasteiger partial charge on any atom is 0.259 e. The number of fused-ring (bicyclic) bond motifs is 1. The summed E-state index contributed by atoms with van der Waals surface area (Å²) >= 11 is 0. The molecule has 0 spiro atoms. The van der Waals surface area contributed by atoms with Crippen LogP contribution in [0.4, 0.5) is 0 Å². The number of aromatic nitrogens is 1. The number of nitrogens with zero attached hydrogens (tertiary/aromatic N) is 3. The zero-order chi connectivity index (χ0) is 29.1. The minimum atomic E-state index is -3.84. The molecule has 1 aliphatic carbocycles. The number of carbonyl (C=O) groups is 1. The first-order valence-corrected chi connectivity index (χ1v) is 14.9. The van der Waals surface area contributed by atoms with Gasteiger partial charge < -0.3 is 24.6 Å². The van der Waals surface area contributed by atoms with E-state index in [2.05, 4.69) is 16.8 Å². The first-order valence-electron chi connectivity index (χ1n) is 13.4. The van der Waals surface area contributed by atoms with Gasteiger partial charge in [-0.25, -0.2) is 13.4 Å². The van der Waals surface area contributed by atoms with Crippen LogP contribution in [0.3, 0.4) is 0 Å². The third-order valence-corrected chi connectivity index (χ3v) is 9.43. The fourth-order valence-electron chi connectivity index (χ4n) is 4.94. The maximum absolute atomic E-state index is 13.6. The van der Waals surface area contributed by atoms with Crippen molar-refractivity contribution in [2.45, 2.75) is 62.2 Å². The molecule has 11 heteroatoms. The van der Waals surface area contributed by atoms with Crippen LogP contribution >= 0.6 is 0 Å². The van der Waals surface area contributed by atoms with Crippen molar-refractivity contribution < 1.29 is 32.9 Å². The summed E-state index contributed by atoms with van der Waals surface area (Å²) in [7, 11) is -0.854. The molecule has 1 fully saturated rings. The molecule has 1 saturated carbocycles. The number of amides is 1. The van der Waals surface area contributed by atoms with E-state index < -0.39 is 27.8 Å². The number of rotatable bonds is 7. The predicted octanol–water partition coefficient (Wildman–Crippen LogP) is 2.29. The highest BCUT2D eigenvalue weighted by Crippen LogP contribution is 2.30. The summed E-state index contributed by atoms with van der Waals surface area (Å²) in [6.07, 6.45) is 3.87. The average molecular weight is 572 g/mol. The second-order valence-corrected chi connectivity index (χ2v) is 12.7. The molecular formula is C29H37N3O7S. The zero-order valence-corrected chi connectivity index (χ0v) is 24.1. The van der Waals surface area contributed by atoms with Crippen LogP contribution in [-0.2, 0) is 10.0 Å².